The number of carbonyl (C=O) groups excluding carboxylic acids is 1. The summed E-state index contributed by atoms with van der Waals surface area (Å²) >= 11 is 0. The molecular weight excluding hydrogens is 216 g/mol. The molecule has 2 N–H and O–H groups in total. The molecule has 1 aromatic rings. The van der Waals surface area contributed by atoms with Gasteiger partial charge in [-0.3, -0.25) is 4.79 Å². The Morgan fingerprint density at radius 3 is 3.24 bits per heavy atom. The van der Waals surface area contributed by atoms with Crippen LogP contribution in [0.15, 0.2) is 12.5 Å². The first-order valence-electron chi connectivity index (χ1n) is 6.22. The predicted molar refractivity (Wildman–Crippen MR) is 65.8 cm³/mol. The summed E-state index contributed by atoms with van der Waals surface area (Å²) in [5.41, 5.74) is 0.495. The minimum atomic E-state index is -0.0747. The van der Waals surface area contributed by atoms with Gasteiger partial charge in [-0.25, -0.2) is 4.98 Å². The molecule has 5 nitrogen and oxygen atoms in total. The number of rotatable bonds is 4. The Morgan fingerprint density at radius 2 is 2.59 bits per heavy atom. The van der Waals surface area contributed by atoms with Crippen molar-refractivity contribution in [3.8, 4) is 0 Å². The van der Waals surface area contributed by atoms with Crippen molar-refractivity contribution in [2.24, 2.45) is 13.0 Å². The third-order valence-corrected chi connectivity index (χ3v) is 3.17. The fourth-order valence-electron chi connectivity index (χ4n) is 2.18. The number of amides is 1. The summed E-state index contributed by atoms with van der Waals surface area (Å²) in [6.45, 7) is 2.96. The van der Waals surface area contributed by atoms with E-state index in [9.17, 15) is 4.79 Å². The molecule has 1 saturated heterocycles. The first-order valence-corrected chi connectivity index (χ1v) is 6.22. The molecule has 1 unspecified atom stereocenters. The summed E-state index contributed by atoms with van der Waals surface area (Å²) in [6.07, 6.45) is 6.94. The van der Waals surface area contributed by atoms with Crippen molar-refractivity contribution in [1.29, 1.82) is 0 Å². The van der Waals surface area contributed by atoms with Gasteiger partial charge in [0.15, 0.2) is 0 Å². The number of nitrogens with zero attached hydrogens (tertiary/aromatic N) is 2. The van der Waals surface area contributed by atoms with E-state index in [4.69, 9.17) is 0 Å². The standard InChI is InChI=1S/C12H20N4O/c1-16-8-11(15-9-16)12(17)14-6-4-10-3-2-5-13-7-10/h8-10,13H,2-7H2,1H3,(H,14,17). The van der Waals surface area contributed by atoms with Gasteiger partial charge in [-0.1, -0.05) is 0 Å². The van der Waals surface area contributed by atoms with Crippen LogP contribution in [0.25, 0.3) is 0 Å². The van der Waals surface area contributed by atoms with Gasteiger partial charge in [-0.2, -0.15) is 0 Å². The number of imidazole rings is 1. The number of nitrogens with one attached hydrogen (secondary N) is 2. The van der Waals surface area contributed by atoms with Gasteiger partial charge in [0.1, 0.15) is 5.69 Å². The number of hydrogen-bond acceptors (Lipinski definition) is 3. The van der Waals surface area contributed by atoms with E-state index in [1.54, 1.807) is 17.1 Å². The Labute approximate surface area is 102 Å². The number of hydrogen-bond donors (Lipinski definition) is 2. The van der Waals surface area contributed by atoms with Gasteiger partial charge in [0.25, 0.3) is 5.91 Å². The first-order chi connectivity index (χ1) is 8.25. The fourth-order valence-corrected chi connectivity index (χ4v) is 2.18. The van der Waals surface area contributed by atoms with Crippen LogP contribution in [0.2, 0.25) is 0 Å². The molecule has 1 aromatic heterocycles. The highest BCUT2D eigenvalue weighted by atomic mass is 16.1. The highest BCUT2D eigenvalue weighted by Gasteiger charge is 2.13. The van der Waals surface area contributed by atoms with Crippen LogP contribution in [0.3, 0.4) is 0 Å². The molecule has 5 heteroatoms. The largest absolute Gasteiger partial charge is 0.351 e. The lowest BCUT2D eigenvalue weighted by molar-refractivity contribution is 0.0946. The summed E-state index contributed by atoms with van der Waals surface area (Å²) in [4.78, 5) is 15.7. The van der Waals surface area contributed by atoms with Crippen LogP contribution < -0.4 is 10.6 Å². The van der Waals surface area contributed by atoms with Gasteiger partial charge in [0, 0.05) is 19.8 Å². The molecule has 0 saturated carbocycles. The van der Waals surface area contributed by atoms with E-state index >= 15 is 0 Å². The van der Waals surface area contributed by atoms with Crippen LogP contribution in [0.5, 0.6) is 0 Å². The maximum atomic E-state index is 11.7. The van der Waals surface area contributed by atoms with Crippen LogP contribution in [-0.4, -0.2) is 35.1 Å². The summed E-state index contributed by atoms with van der Waals surface area (Å²) in [7, 11) is 1.86. The van der Waals surface area contributed by atoms with Crippen LogP contribution in [0, 0.1) is 5.92 Å². The number of aromatic nitrogens is 2. The topological polar surface area (TPSA) is 59.0 Å². The number of piperidine rings is 1. The summed E-state index contributed by atoms with van der Waals surface area (Å²) < 4.78 is 1.78. The third kappa shape index (κ3) is 3.56. The predicted octanol–water partition coefficient (Wildman–Crippen LogP) is 0.540. The second kappa shape index (κ2) is 5.82. The summed E-state index contributed by atoms with van der Waals surface area (Å²) in [6, 6.07) is 0. The SMILES string of the molecule is Cn1cnc(C(=O)NCCC2CCCNC2)c1. The molecule has 0 radical (unpaired) electrons. The minimum Gasteiger partial charge on any atom is -0.351 e. The molecule has 1 atom stereocenters. The molecule has 0 aromatic carbocycles. The van der Waals surface area contributed by atoms with Crippen LogP contribution in [0.1, 0.15) is 29.8 Å². The smallest absolute Gasteiger partial charge is 0.271 e. The molecule has 17 heavy (non-hydrogen) atoms. The van der Waals surface area contributed by atoms with Crippen molar-refractivity contribution >= 4 is 5.91 Å². The van der Waals surface area contributed by atoms with Crippen molar-refractivity contribution < 1.29 is 4.79 Å². The highest BCUT2D eigenvalue weighted by Crippen LogP contribution is 2.12. The molecule has 0 spiro atoms. The normalized spacial score (nSPS) is 20.2. The third-order valence-electron chi connectivity index (χ3n) is 3.17. The molecule has 2 heterocycles. The Hall–Kier alpha value is -1.36. The maximum Gasteiger partial charge on any atom is 0.271 e. The van der Waals surface area contributed by atoms with Crippen LogP contribution in [0.4, 0.5) is 0 Å². The molecule has 1 aliphatic heterocycles. The molecule has 94 valence electrons. The van der Waals surface area contributed by atoms with Crippen molar-refractivity contribution in [1.82, 2.24) is 20.2 Å². The zero-order chi connectivity index (χ0) is 12.1. The second-order valence-electron chi connectivity index (χ2n) is 4.68. The van der Waals surface area contributed by atoms with Crippen molar-refractivity contribution in [3.63, 3.8) is 0 Å². The molecule has 0 aliphatic carbocycles. The Bertz CT molecular complexity index is 368. The van der Waals surface area contributed by atoms with Gasteiger partial charge in [0.2, 0.25) is 0 Å². The van der Waals surface area contributed by atoms with E-state index in [2.05, 4.69) is 15.6 Å². The van der Waals surface area contributed by atoms with Gasteiger partial charge in [-0.15, -0.1) is 0 Å². The van der Waals surface area contributed by atoms with E-state index in [1.807, 2.05) is 7.05 Å². The second-order valence-corrected chi connectivity index (χ2v) is 4.68. The lowest BCUT2D eigenvalue weighted by atomic mass is 9.96. The van der Waals surface area contributed by atoms with E-state index in [0.717, 1.165) is 26.1 Å². The summed E-state index contributed by atoms with van der Waals surface area (Å²) in [5, 5.41) is 6.30. The maximum absolute atomic E-state index is 11.7. The Balaban J connectivity index is 1.69. The van der Waals surface area contributed by atoms with Gasteiger partial charge in [0.05, 0.1) is 6.33 Å². The average Bonchev–Trinajstić information content (AvgIpc) is 2.77. The molecule has 1 aliphatic rings. The van der Waals surface area contributed by atoms with E-state index < -0.39 is 0 Å². The quantitative estimate of drug-likeness (QED) is 0.802. The molecule has 0 bridgehead atoms. The van der Waals surface area contributed by atoms with Crippen molar-refractivity contribution in [2.45, 2.75) is 19.3 Å². The summed E-state index contributed by atoms with van der Waals surface area (Å²) in [5.74, 6) is 0.627. The van der Waals surface area contributed by atoms with Crippen molar-refractivity contribution in [2.75, 3.05) is 19.6 Å². The molecule has 2 rings (SSSR count). The number of carbonyl (C=O) groups is 1. The van der Waals surface area contributed by atoms with E-state index in [0.29, 0.717) is 11.6 Å². The van der Waals surface area contributed by atoms with Crippen LogP contribution >= 0.6 is 0 Å². The number of aryl methyl sites for hydroxylation is 1. The average molecular weight is 236 g/mol. The van der Waals surface area contributed by atoms with Gasteiger partial charge < -0.3 is 15.2 Å². The van der Waals surface area contributed by atoms with Crippen molar-refractivity contribution in [3.05, 3.63) is 18.2 Å². The Morgan fingerprint density at radius 1 is 1.71 bits per heavy atom. The van der Waals surface area contributed by atoms with Crippen LogP contribution in [-0.2, 0) is 7.05 Å². The van der Waals surface area contributed by atoms with Gasteiger partial charge >= 0.3 is 0 Å². The van der Waals surface area contributed by atoms with Gasteiger partial charge in [-0.05, 0) is 38.3 Å². The zero-order valence-electron chi connectivity index (χ0n) is 10.3. The molecular formula is C12H20N4O. The fraction of sp³-hybridized carbons (Fsp3) is 0.667. The first kappa shape index (κ1) is 12.1. The lowest BCUT2D eigenvalue weighted by Gasteiger charge is -2.22. The Kier molecular flexibility index (Phi) is 4.14. The monoisotopic (exact) mass is 236 g/mol. The minimum absolute atomic E-state index is 0.0747. The molecule has 1 amide bonds. The van der Waals surface area contributed by atoms with E-state index in [1.165, 1.54) is 12.8 Å². The lowest BCUT2D eigenvalue weighted by Crippen LogP contribution is -2.33. The molecule has 1 fully saturated rings. The zero-order valence-corrected chi connectivity index (χ0v) is 10.3. The highest BCUT2D eigenvalue weighted by molar-refractivity contribution is 5.91. The van der Waals surface area contributed by atoms with E-state index in [-0.39, 0.29) is 5.91 Å².